The number of ether oxygens (including phenoxy) is 2. The van der Waals surface area contributed by atoms with Crippen LogP contribution in [0.4, 0.5) is 0 Å². The van der Waals surface area contributed by atoms with Crippen LogP contribution in [0.15, 0.2) is 12.1 Å². The Kier molecular flexibility index (Phi) is 3.65. The summed E-state index contributed by atoms with van der Waals surface area (Å²) >= 11 is 0. The molecular formula is C14H14N2O4. The van der Waals surface area contributed by atoms with Gasteiger partial charge in [-0.15, -0.1) is 0 Å². The first-order chi connectivity index (χ1) is 9.49. The van der Waals surface area contributed by atoms with Crippen LogP contribution >= 0.6 is 0 Å². The van der Waals surface area contributed by atoms with Crippen molar-refractivity contribution in [2.75, 3.05) is 14.2 Å². The molecule has 0 bridgehead atoms. The molecule has 1 aromatic heterocycles. The van der Waals surface area contributed by atoms with Crippen LogP contribution in [0.25, 0.3) is 11.0 Å². The summed E-state index contributed by atoms with van der Waals surface area (Å²) in [5.41, 5.74) is 2.50. The smallest absolute Gasteiger partial charge is 0.341 e. The van der Waals surface area contributed by atoms with Gasteiger partial charge in [-0.3, -0.25) is 0 Å². The third-order valence-corrected chi connectivity index (χ3v) is 3.04. The number of benzene rings is 1. The first kappa shape index (κ1) is 13.9. The third kappa shape index (κ3) is 2.20. The van der Waals surface area contributed by atoms with Crippen LogP contribution in [0, 0.1) is 13.8 Å². The predicted octanol–water partition coefficient (Wildman–Crippen LogP) is 1.82. The van der Waals surface area contributed by atoms with Crippen molar-refractivity contribution in [3.05, 3.63) is 34.6 Å². The minimum absolute atomic E-state index is 0.0763. The first-order valence-electron chi connectivity index (χ1n) is 5.94. The molecule has 0 aliphatic heterocycles. The second kappa shape index (κ2) is 5.24. The monoisotopic (exact) mass is 274 g/mol. The number of hydrogen-bond acceptors (Lipinski definition) is 6. The summed E-state index contributed by atoms with van der Waals surface area (Å²) in [5.74, 6) is -1.26. The van der Waals surface area contributed by atoms with Gasteiger partial charge in [0.2, 0.25) is 0 Å². The fraction of sp³-hybridized carbons (Fsp3) is 0.286. The van der Waals surface area contributed by atoms with Crippen molar-refractivity contribution in [3.8, 4) is 0 Å². The molecule has 0 N–H and O–H groups in total. The lowest BCUT2D eigenvalue weighted by atomic mass is 10.0. The number of aryl methyl sites for hydroxylation is 2. The quantitative estimate of drug-likeness (QED) is 0.777. The highest BCUT2D eigenvalue weighted by Crippen LogP contribution is 2.22. The number of methoxy groups -OCH3 is 2. The SMILES string of the molecule is COC(=O)c1ccc2nc(C)c(C)nc2c1C(=O)OC. The fourth-order valence-corrected chi connectivity index (χ4v) is 1.88. The van der Waals surface area contributed by atoms with E-state index in [1.807, 2.05) is 6.92 Å². The highest BCUT2D eigenvalue weighted by atomic mass is 16.5. The van der Waals surface area contributed by atoms with Gasteiger partial charge < -0.3 is 9.47 Å². The topological polar surface area (TPSA) is 78.4 Å². The molecule has 2 rings (SSSR count). The number of nitrogens with zero attached hydrogens (tertiary/aromatic N) is 2. The molecule has 0 atom stereocenters. The summed E-state index contributed by atoms with van der Waals surface area (Å²) in [4.78, 5) is 32.4. The van der Waals surface area contributed by atoms with Crippen molar-refractivity contribution in [3.63, 3.8) is 0 Å². The van der Waals surface area contributed by atoms with E-state index in [9.17, 15) is 9.59 Å². The Morgan fingerprint density at radius 3 is 2.15 bits per heavy atom. The average Bonchev–Trinajstić information content (AvgIpc) is 2.45. The van der Waals surface area contributed by atoms with E-state index >= 15 is 0 Å². The van der Waals surface area contributed by atoms with Gasteiger partial charge in [0.15, 0.2) is 0 Å². The summed E-state index contributed by atoms with van der Waals surface area (Å²) in [6, 6.07) is 3.12. The van der Waals surface area contributed by atoms with Crippen LogP contribution < -0.4 is 0 Å². The summed E-state index contributed by atoms with van der Waals surface area (Å²) in [6.45, 7) is 3.61. The van der Waals surface area contributed by atoms with E-state index in [1.165, 1.54) is 20.3 Å². The van der Waals surface area contributed by atoms with Gasteiger partial charge in [-0.2, -0.15) is 0 Å². The number of carbonyl (C=O) groups is 2. The normalized spacial score (nSPS) is 10.4. The minimum atomic E-state index is -0.645. The van der Waals surface area contributed by atoms with Crippen molar-refractivity contribution in [2.45, 2.75) is 13.8 Å². The molecule has 0 spiro atoms. The van der Waals surface area contributed by atoms with Gasteiger partial charge in [0.1, 0.15) is 11.1 Å². The van der Waals surface area contributed by atoms with E-state index < -0.39 is 11.9 Å². The number of rotatable bonds is 2. The Labute approximate surface area is 115 Å². The van der Waals surface area contributed by atoms with Crippen molar-refractivity contribution < 1.29 is 19.1 Å². The zero-order chi connectivity index (χ0) is 14.9. The maximum atomic E-state index is 12.0. The minimum Gasteiger partial charge on any atom is -0.465 e. The molecule has 0 amide bonds. The van der Waals surface area contributed by atoms with Crippen LogP contribution in [0.2, 0.25) is 0 Å². The zero-order valence-corrected chi connectivity index (χ0v) is 11.7. The number of fused-ring (bicyclic) bond motifs is 1. The van der Waals surface area contributed by atoms with E-state index in [1.54, 1.807) is 13.0 Å². The molecule has 104 valence electrons. The largest absolute Gasteiger partial charge is 0.465 e. The Bertz CT molecular complexity index is 710. The molecule has 0 fully saturated rings. The van der Waals surface area contributed by atoms with Gasteiger partial charge in [-0.05, 0) is 26.0 Å². The van der Waals surface area contributed by atoms with Gasteiger partial charge in [0.05, 0.1) is 36.7 Å². The molecule has 1 heterocycles. The molecule has 0 saturated carbocycles. The van der Waals surface area contributed by atoms with Crippen LogP contribution in [-0.4, -0.2) is 36.1 Å². The molecule has 0 radical (unpaired) electrons. The number of esters is 2. The van der Waals surface area contributed by atoms with Crippen LogP contribution in [-0.2, 0) is 9.47 Å². The van der Waals surface area contributed by atoms with E-state index in [0.29, 0.717) is 16.7 Å². The van der Waals surface area contributed by atoms with Gasteiger partial charge in [0, 0.05) is 0 Å². The first-order valence-corrected chi connectivity index (χ1v) is 5.94. The van der Waals surface area contributed by atoms with Crippen molar-refractivity contribution in [1.29, 1.82) is 0 Å². The van der Waals surface area contributed by atoms with Gasteiger partial charge >= 0.3 is 11.9 Å². The summed E-state index contributed by atoms with van der Waals surface area (Å²) in [7, 11) is 2.50. The third-order valence-electron chi connectivity index (χ3n) is 3.04. The predicted molar refractivity (Wildman–Crippen MR) is 71.7 cm³/mol. The Hall–Kier alpha value is -2.50. The van der Waals surface area contributed by atoms with Gasteiger partial charge in [0.25, 0.3) is 0 Å². The van der Waals surface area contributed by atoms with Gasteiger partial charge in [-0.25, -0.2) is 19.6 Å². The molecule has 0 saturated heterocycles. The molecule has 1 aromatic carbocycles. The lowest BCUT2D eigenvalue weighted by Gasteiger charge is -2.10. The summed E-state index contributed by atoms with van der Waals surface area (Å²) in [6.07, 6.45) is 0. The molecule has 20 heavy (non-hydrogen) atoms. The summed E-state index contributed by atoms with van der Waals surface area (Å²) in [5, 5.41) is 0. The Morgan fingerprint density at radius 2 is 1.55 bits per heavy atom. The van der Waals surface area contributed by atoms with Crippen molar-refractivity contribution >= 4 is 23.0 Å². The summed E-state index contributed by atoms with van der Waals surface area (Å²) < 4.78 is 9.41. The second-order valence-electron chi connectivity index (χ2n) is 4.23. The maximum absolute atomic E-state index is 12.0. The zero-order valence-electron chi connectivity index (χ0n) is 11.7. The lowest BCUT2D eigenvalue weighted by molar-refractivity contribution is 0.0557. The highest BCUT2D eigenvalue weighted by molar-refractivity contribution is 6.11. The fourth-order valence-electron chi connectivity index (χ4n) is 1.88. The number of aromatic nitrogens is 2. The van der Waals surface area contributed by atoms with E-state index in [-0.39, 0.29) is 11.1 Å². The molecular weight excluding hydrogens is 260 g/mol. The van der Waals surface area contributed by atoms with E-state index in [4.69, 9.17) is 4.74 Å². The standard InChI is InChI=1S/C14H14N2O4/c1-7-8(2)16-12-10(15-7)6-5-9(13(17)19-3)11(12)14(18)20-4/h5-6H,1-4H3. The van der Waals surface area contributed by atoms with Crippen LogP contribution in [0.5, 0.6) is 0 Å². The average molecular weight is 274 g/mol. The molecule has 2 aromatic rings. The number of hydrogen-bond donors (Lipinski definition) is 0. The van der Waals surface area contributed by atoms with E-state index in [2.05, 4.69) is 14.7 Å². The molecule has 6 heteroatoms. The van der Waals surface area contributed by atoms with Crippen LogP contribution in [0.1, 0.15) is 32.1 Å². The second-order valence-corrected chi connectivity index (χ2v) is 4.23. The van der Waals surface area contributed by atoms with Crippen molar-refractivity contribution in [1.82, 2.24) is 9.97 Å². The lowest BCUT2D eigenvalue weighted by Crippen LogP contribution is -2.13. The molecule has 0 unspecified atom stereocenters. The van der Waals surface area contributed by atoms with Gasteiger partial charge in [-0.1, -0.05) is 0 Å². The number of carbonyl (C=O) groups excluding carboxylic acids is 2. The molecule has 0 aliphatic rings. The van der Waals surface area contributed by atoms with Crippen molar-refractivity contribution in [2.24, 2.45) is 0 Å². The Balaban J connectivity index is 2.86. The van der Waals surface area contributed by atoms with E-state index in [0.717, 1.165) is 5.69 Å². The molecule has 0 aliphatic carbocycles. The highest BCUT2D eigenvalue weighted by Gasteiger charge is 2.23. The maximum Gasteiger partial charge on any atom is 0.341 e. The molecule has 6 nitrogen and oxygen atoms in total. The Morgan fingerprint density at radius 1 is 0.950 bits per heavy atom. The van der Waals surface area contributed by atoms with Crippen LogP contribution in [0.3, 0.4) is 0 Å².